The van der Waals surface area contributed by atoms with Gasteiger partial charge < -0.3 is 10.3 Å². The molecule has 0 aliphatic heterocycles. The number of hydrogen-bond donors (Lipinski definition) is 3. The topological polar surface area (TPSA) is 104 Å². The van der Waals surface area contributed by atoms with Gasteiger partial charge in [-0.2, -0.15) is 0 Å². The van der Waals surface area contributed by atoms with Crippen LogP contribution in [0, 0.1) is 0 Å². The van der Waals surface area contributed by atoms with E-state index in [-0.39, 0.29) is 23.8 Å². The number of rotatable bonds is 9. The second kappa shape index (κ2) is 9.18. The second-order valence-corrected chi connectivity index (χ2v) is 8.46. The molecule has 0 saturated heterocycles. The van der Waals surface area contributed by atoms with Crippen molar-refractivity contribution >= 4 is 38.6 Å². The Morgan fingerprint density at radius 2 is 1.93 bits per heavy atom. The number of aromatic amines is 1. The van der Waals surface area contributed by atoms with Crippen LogP contribution in [0.25, 0.3) is 11.0 Å². The van der Waals surface area contributed by atoms with Gasteiger partial charge in [-0.25, -0.2) is 18.1 Å². The zero-order valence-corrected chi connectivity index (χ0v) is 16.7. The number of H-pyrrole nitrogens is 1. The van der Waals surface area contributed by atoms with Crippen LogP contribution >= 0.6 is 11.6 Å². The highest BCUT2D eigenvalue weighted by Gasteiger charge is 2.14. The van der Waals surface area contributed by atoms with E-state index in [0.717, 1.165) is 29.7 Å². The fourth-order valence-electron chi connectivity index (χ4n) is 2.71. The van der Waals surface area contributed by atoms with E-state index >= 15 is 0 Å². The molecule has 0 radical (unpaired) electrons. The fraction of sp³-hybridized carbons (Fsp3) is 0.263. The Bertz CT molecular complexity index is 1030. The van der Waals surface area contributed by atoms with Crippen LogP contribution in [0.15, 0.2) is 53.4 Å². The van der Waals surface area contributed by atoms with Crippen molar-refractivity contribution in [3.8, 4) is 0 Å². The average Bonchev–Trinajstić information content (AvgIpc) is 3.08. The maximum absolute atomic E-state index is 12.1. The van der Waals surface area contributed by atoms with Gasteiger partial charge in [-0.15, -0.1) is 0 Å². The number of hydrogen-bond acceptors (Lipinski definition) is 4. The number of nitrogens with zero attached hydrogens (tertiary/aromatic N) is 1. The number of halogens is 1. The van der Waals surface area contributed by atoms with E-state index in [4.69, 9.17) is 11.6 Å². The van der Waals surface area contributed by atoms with Crippen molar-refractivity contribution in [3.05, 3.63) is 59.4 Å². The van der Waals surface area contributed by atoms with Gasteiger partial charge in [0.2, 0.25) is 15.9 Å². The zero-order chi connectivity index (χ0) is 20.0. The minimum atomic E-state index is -3.68. The number of para-hydroxylation sites is 2. The number of nitrogens with one attached hydrogen (secondary N) is 3. The molecule has 0 spiro atoms. The summed E-state index contributed by atoms with van der Waals surface area (Å²) in [4.78, 5) is 19.7. The Labute approximate surface area is 168 Å². The first-order chi connectivity index (χ1) is 13.4. The van der Waals surface area contributed by atoms with Crippen molar-refractivity contribution in [1.82, 2.24) is 20.0 Å². The molecule has 2 aromatic carbocycles. The van der Waals surface area contributed by atoms with Crippen LogP contribution in [0.4, 0.5) is 0 Å². The molecule has 0 aliphatic rings. The van der Waals surface area contributed by atoms with Crippen LogP contribution in [-0.4, -0.2) is 37.4 Å². The predicted molar refractivity (Wildman–Crippen MR) is 109 cm³/mol. The SMILES string of the molecule is O=C(CCNS(=O)(=O)c1cccc(Cl)c1)NCCCc1nc2ccccc2[nH]1. The maximum atomic E-state index is 12.1. The first-order valence-corrected chi connectivity index (χ1v) is 10.8. The summed E-state index contributed by atoms with van der Waals surface area (Å²) in [6, 6.07) is 13.8. The summed E-state index contributed by atoms with van der Waals surface area (Å²) in [5.41, 5.74) is 1.92. The van der Waals surface area contributed by atoms with Crippen LogP contribution < -0.4 is 10.0 Å². The van der Waals surface area contributed by atoms with Crippen molar-refractivity contribution in [2.45, 2.75) is 24.2 Å². The Morgan fingerprint density at radius 1 is 1.11 bits per heavy atom. The number of sulfonamides is 1. The van der Waals surface area contributed by atoms with Gasteiger partial charge in [0, 0.05) is 31.0 Å². The van der Waals surface area contributed by atoms with E-state index in [2.05, 4.69) is 20.0 Å². The molecule has 0 aliphatic carbocycles. The lowest BCUT2D eigenvalue weighted by atomic mass is 10.3. The molecular formula is C19H21ClN4O3S. The zero-order valence-electron chi connectivity index (χ0n) is 15.1. The summed E-state index contributed by atoms with van der Waals surface area (Å²) in [7, 11) is -3.68. The monoisotopic (exact) mass is 420 g/mol. The third-order valence-corrected chi connectivity index (χ3v) is 5.80. The summed E-state index contributed by atoms with van der Waals surface area (Å²) in [5, 5.41) is 3.12. The molecule has 7 nitrogen and oxygen atoms in total. The molecule has 1 heterocycles. The van der Waals surface area contributed by atoms with Gasteiger partial charge in [-0.3, -0.25) is 4.79 Å². The molecule has 1 aromatic heterocycles. The Hall–Kier alpha value is -2.42. The van der Waals surface area contributed by atoms with Gasteiger partial charge in [0.1, 0.15) is 5.82 Å². The molecular weight excluding hydrogens is 400 g/mol. The summed E-state index contributed by atoms with van der Waals surface area (Å²) < 4.78 is 26.7. The molecule has 0 saturated carbocycles. The van der Waals surface area contributed by atoms with Crippen LogP contribution in [0.5, 0.6) is 0 Å². The number of aryl methyl sites for hydroxylation is 1. The maximum Gasteiger partial charge on any atom is 0.240 e. The van der Waals surface area contributed by atoms with Crippen LogP contribution in [0.2, 0.25) is 5.02 Å². The van der Waals surface area contributed by atoms with Crippen molar-refractivity contribution in [1.29, 1.82) is 0 Å². The van der Waals surface area contributed by atoms with Crippen molar-refractivity contribution in [2.75, 3.05) is 13.1 Å². The highest BCUT2D eigenvalue weighted by molar-refractivity contribution is 7.89. The number of benzene rings is 2. The highest BCUT2D eigenvalue weighted by Crippen LogP contribution is 2.15. The third-order valence-electron chi connectivity index (χ3n) is 4.10. The summed E-state index contributed by atoms with van der Waals surface area (Å²) >= 11 is 5.81. The number of imidazole rings is 1. The predicted octanol–water partition coefficient (Wildman–Crippen LogP) is 2.63. The van der Waals surface area contributed by atoms with E-state index in [1.165, 1.54) is 12.1 Å². The Balaban J connectivity index is 1.36. The molecule has 0 bridgehead atoms. The first-order valence-electron chi connectivity index (χ1n) is 8.89. The van der Waals surface area contributed by atoms with E-state index in [1.807, 2.05) is 24.3 Å². The molecule has 1 amide bonds. The molecule has 9 heteroatoms. The molecule has 3 N–H and O–H groups in total. The van der Waals surface area contributed by atoms with Crippen LogP contribution in [0.3, 0.4) is 0 Å². The lowest BCUT2D eigenvalue weighted by Gasteiger charge is -2.08. The van der Waals surface area contributed by atoms with Crippen LogP contribution in [-0.2, 0) is 21.2 Å². The number of fused-ring (bicyclic) bond motifs is 1. The van der Waals surface area contributed by atoms with E-state index in [0.29, 0.717) is 11.6 Å². The van der Waals surface area contributed by atoms with Gasteiger partial charge in [0.15, 0.2) is 0 Å². The largest absolute Gasteiger partial charge is 0.356 e. The summed E-state index contributed by atoms with van der Waals surface area (Å²) in [5.74, 6) is 0.670. The molecule has 0 unspecified atom stereocenters. The summed E-state index contributed by atoms with van der Waals surface area (Å²) in [6.07, 6.45) is 1.51. The lowest BCUT2D eigenvalue weighted by Crippen LogP contribution is -2.31. The van der Waals surface area contributed by atoms with Gasteiger partial charge >= 0.3 is 0 Å². The van der Waals surface area contributed by atoms with Crippen molar-refractivity contribution in [3.63, 3.8) is 0 Å². The number of carbonyl (C=O) groups is 1. The van der Waals surface area contributed by atoms with E-state index in [1.54, 1.807) is 12.1 Å². The quantitative estimate of drug-likeness (QED) is 0.463. The summed E-state index contributed by atoms with van der Waals surface area (Å²) in [6.45, 7) is 0.515. The minimum absolute atomic E-state index is 0.0181. The van der Waals surface area contributed by atoms with Gasteiger partial charge in [0.05, 0.1) is 15.9 Å². The average molecular weight is 421 g/mol. The van der Waals surface area contributed by atoms with E-state index in [9.17, 15) is 13.2 Å². The molecule has 148 valence electrons. The van der Waals surface area contributed by atoms with Crippen molar-refractivity contribution < 1.29 is 13.2 Å². The van der Waals surface area contributed by atoms with Gasteiger partial charge in [-0.05, 0) is 36.8 Å². The Morgan fingerprint density at radius 3 is 2.71 bits per heavy atom. The van der Waals surface area contributed by atoms with E-state index < -0.39 is 10.0 Å². The van der Waals surface area contributed by atoms with Crippen molar-refractivity contribution in [2.24, 2.45) is 0 Å². The highest BCUT2D eigenvalue weighted by atomic mass is 35.5. The van der Waals surface area contributed by atoms with Gasteiger partial charge in [0.25, 0.3) is 0 Å². The molecule has 3 aromatic rings. The van der Waals surface area contributed by atoms with Crippen LogP contribution in [0.1, 0.15) is 18.7 Å². The number of aromatic nitrogens is 2. The third kappa shape index (κ3) is 5.54. The number of amides is 1. The number of carbonyl (C=O) groups excluding carboxylic acids is 1. The Kier molecular flexibility index (Phi) is 6.66. The molecule has 0 atom stereocenters. The molecule has 28 heavy (non-hydrogen) atoms. The smallest absolute Gasteiger partial charge is 0.240 e. The first kappa shape index (κ1) is 20.3. The molecule has 3 rings (SSSR count). The lowest BCUT2D eigenvalue weighted by molar-refractivity contribution is -0.120. The normalized spacial score (nSPS) is 11.6. The molecule has 0 fully saturated rings. The minimum Gasteiger partial charge on any atom is -0.356 e. The standard InChI is InChI=1S/C19H21ClN4O3S/c20-14-5-3-6-15(13-14)28(26,27)22-12-10-19(25)21-11-4-9-18-23-16-7-1-2-8-17(16)24-18/h1-3,5-8,13,22H,4,9-12H2,(H,21,25)(H,23,24). The fourth-order valence-corrected chi connectivity index (χ4v) is 4.04. The van der Waals surface area contributed by atoms with Gasteiger partial charge in [-0.1, -0.05) is 29.8 Å². The second-order valence-electron chi connectivity index (χ2n) is 6.26.